The monoisotopic (exact) mass is 283 g/mol. The van der Waals surface area contributed by atoms with Crippen molar-refractivity contribution in [2.24, 2.45) is 0 Å². The predicted octanol–water partition coefficient (Wildman–Crippen LogP) is 4.19. The minimum atomic E-state index is 1.13. The first-order valence-corrected chi connectivity index (χ1v) is 8.65. The fourth-order valence-electron chi connectivity index (χ4n) is 3.62. The van der Waals surface area contributed by atoms with Gasteiger partial charge in [0.15, 0.2) is 0 Å². The first-order valence-electron chi connectivity index (χ1n) is 7.77. The van der Waals surface area contributed by atoms with Gasteiger partial charge >= 0.3 is 0 Å². The number of aryl methyl sites for hydroxylation is 1. The molecule has 0 saturated heterocycles. The molecule has 1 aliphatic carbocycles. The summed E-state index contributed by atoms with van der Waals surface area (Å²) in [4.78, 5) is 4.29. The van der Waals surface area contributed by atoms with Crippen molar-refractivity contribution in [1.82, 2.24) is 4.90 Å². The van der Waals surface area contributed by atoms with Gasteiger partial charge in [-0.3, -0.25) is 4.90 Å². The molecular weight excluding hydrogens is 262 g/mol. The van der Waals surface area contributed by atoms with Crippen LogP contribution in [0.3, 0.4) is 0 Å². The Kier molecular flexibility index (Phi) is 3.37. The van der Waals surface area contributed by atoms with E-state index in [0.29, 0.717) is 0 Å². The van der Waals surface area contributed by atoms with Crippen LogP contribution in [0.25, 0.3) is 0 Å². The van der Waals surface area contributed by atoms with E-state index in [9.17, 15) is 0 Å². The fourth-order valence-corrected chi connectivity index (χ4v) is 4.76. The topological polar surface area (TPSA) is 3.24 Å². The van der Waals surface area contributed by atoms with Crippen molar-refractivity contribution in [2.75, 3.05) is 6.54 Å². The maximum atomic E-state index is 2.62. The molecule has 0 unspecified atom stereocenters. The highest BCUT2D eigenvalue weighted by Crippen LogP contribution is 2.31. The molecule has 0 amide bonds. The molecular formula is C18H21NS. The maximum absolute atomic E-state index is 2.62. The molecule has 0 bridgehead atoms. The highest BCUT2D eigenvalue weighted by Gasteiger charge is 2.20. The van der Waals surface area contributed by atoms with E-state index in [1.165, 1.54) is 44.2 Å². The van der Waals surface area contributed by atoms with E-state index in [1.807, 2.05) is 11.3 Å². The van der Waals surface area contributed by atoms with Gasteiger partial charge in [0.05, 0.1) is 0 Å². The molecule has 2 aliphatic rings. The van der Waals surface area contributed by atoms with Crippen LogP contribution in [0.4, 0.5) is 0 Å². The standard InChI is InChI=1S/C18H21NS/c1-2-6-15-11-19(10-9-14(15)5-1)12-16-13-20-18-8-4-3-7-17(16)18/h1-2,5-6,13H,3-4,7-12H2. The molecule has 4 rings (SSSR count). The summed E-state index contributed by atoms with van der Waals surface area (Å²) in [5.41, 5.74) is 6.39. The SMILES string of the molecule is c1ccc2c(c1)CCN(Cc1csc3c1CCCC3)C2. The lowest BCUT2D eigenvalue weighted by Crippen LogP contribution is -2.30. The Bertz CT molecular complexity index is 614. The molecule has 2 heterocycles. The Hall–Kier alpha value is -1.12. The maximum Gasteiger partial charge on any atom is 0.0248 e. The van der Waals surface area contributed by atoms with Gasteiger partial charge in [-0.2, -0.15) is 0 Å². The van der Waals surface area contributed by atoms with Gasteiger partial charge in [-0.25, -0.2) is 0 Å². The number of nitrogens with zero attached hydrogens (tertiary/aromatic N) is 1. The Labute approximate surface area is 125 Å². The third-order valence-electron chi connectivity index (χ3n) is 4.75. The third-order valence-corrected chi connectivity index (χ3v) is 5.89. The van der Waals surface area contributed by atoms with Crippen LogP contribution in [0.15, 0.2) is 29.6 Å². The Morgan fingerprint density at radius 3 is 2.80 bits per heavy atom. The average molecular weight is 283 g/mol. The molecule has 0 atom stereocenters. The lowest BCUT2D eigenvalue weighted by molar-refractivity contribution is 0.245. The van der Waals surface area contributed by atoms with E-state index in [0.717, 1.165) is 13.1 Å². The summed E-state index contributed by atoms with van der Waals surface area (Å²) in [6.07, 6.45) is 6.63. The number of thiophene rings is 1. The van der Waals surface area contributed by atoms with Crippen molar-refractivity contribution in [3.05, 3.63) is 56.8 Å². The third kappa shape index (κ3) is 2.32. The van der Waals surface area contributed by atoms with E-state index < -0.39 is 0 Å². The van der Waals surface area contributed by atoms with Gasteiger partial charge in [0.25, 0.3) is 0 Å². The number of hydrogen-bond donors (Lipinski definition) is 0. The summed E-state index contributed by atoms with van der Waals surface area (Å²) in [7, 11) is 0. The first-order chi connectivity index (χ1) is 9.90. The summed E-state index contributed by atoms with van der Waals surface area (Å²) < 4.78 is 0. The largest absolute Gasteiger partial charge is 0.294 e. The molecule has 0 N–H and O–H groups in total. The van der Waals surface area contributed by atoms with Crippen molar-refractivity contribution in [2.45, 2.75) is 45.2 Å². The second-order valence-corrected chi connectivity index (χ2v) is 7.06. The predicted molar refractivity (Wildman–Crippen MR) is 85.2 cm³/mol. The summed E-state index contributed by atoms with van der Waals surface area (Å²) >= 11 is 2.00. The van der Waals surface area contributed by atoms with Gasteiger partial charge in [-0.15, -0.1) is 11.3 Å². The first kappa shape index (κ1) is 12.6. The summed E-state index contributed by atoms with van der Waals surface area (Å²) in [6, 6.07) is 8.93. The van der Waals surface area contributed by atoms with Crippen LogP contribution in [-0.4, -0.2) is 11.4 Å². The molecule has 20 heavy (non-hydrogen) atoms. The number of benzene rings is 1. The van der Waals surface area contributed by atoms with Crippen molar-refractivity contribution >= 4 is 11.3 Å². The minimum absolute atomic E-state index is 1.13. The number of hydrogen-bond acceptors (Lipinski definition) is 2. The smallest absolute Gasteiger partial charge is 0.0248 e. The average Bonchev–Trinajstić information content (AvgIpc) is 2.91. The lowest BCUT2D eigenvalue weighted by atomic mass is 9.95. The zero-order valence-corrected chi connectivity index (χ0v) is 12.7. The Balaban J connectivity index is 1.52. The van der Waals surface area contributed by atoms with E-state index in [-0.39, 0.29) is 0 Å². The van der Waals surface area contributed by atoms with Crippen molar-refractivity contribution < 1.29 is 0 Å². The van der Waals surface area contributed by atoms with Crippen molar-refractivity contribution in [3.63, 3.8) is 0 Å². The molecule has 2 heteroatoms. The van der Waals surface area contributed by atoms with Gasteiger partial charge in [0.2, 0.25) is 0 Å². The Morgan fingerprint density at radius 2 is 1.85 bits per heavy atom. The van der Waals surface area contributed by atoms with E-state index >= 15 is 0 Å². The van der Waals surface area contributed by atoms with Crippen LogP contribution in [0, 0.1) is 0 Å². The van der Waals surface area contributed by atoms with Gasteiger partial charge < -0.3 is 0 Å². The quantitative estimate of drug-likeness (QED) is 0.799. The molecule has 2 aromatic rings. The lowest BCUT2D eigenvalue weighted by Gasteiger charge is -2.29. The summed E-state index contributed by atoms with van der Waals surface area (Å²) in [5.74, 6) is 0. The molecule has 1 aliphatic heterocycles. The molecule has 0 radical (unpaired) electrons. The summed E-state index contributed by atoms with van der Waals surface area (Å²) in [5, 5.41) is 2.43. The second-order valence-electron chi connectivity index (χ2n) is 6.10. The van der Waals surface area contributed by atoms with Gasteiger partial charge in [0.1, 0.15) is 0 Å². The number of fused-ring (bicyclic) bond motifs is 2. The zero-order valence-electron chi connectivity index (χ0n) is 11.9. The van der Waals surface area contributed by atoms with Gasteiger partial charge in [0, 0.05) is 24.5 Å². The Morgan fingerprint density at radius 1 is 1.00 bits per heavy atom. The molecule has 0 spiro atoms. The van der Waals surface area contributed by atoms with Crippen LogP contribution < -0.4 is 0 Å². The number of rotatable bonds is 2. The van der Waals surface area contributed by atoms with Crippen LogP contribution in [-0.2, 0) is 32.4 Å². The van der Waals surface area contributed by atoms with Crippen LogP contribution in [0.1, 0.15) is 40.0 Å². The van der Waals surface area contributed by atoms with Crippen molar-refractivity contribution in [3.8, 4) is 0 Å². The normalized spacial score (nSPS) is 18.6. The minimum Gasteiger partial charge on any atom is -0.294 e. The van der Waals surface area contributed by atoms with Crippen LogP contribution >= 0.6 is 11.3 Å². The molecule has 1 aromatic heterocycles. The summed E-state index contributed by atoms with van der Waals surface area (Å²) in [6.45, 7) is 3.49. The highest BCUT2D eigenvalue weighted by molar-refractivity contribution is 7.10. The van der Waals surface area contributed by atoms with E-state index in [1.54, 1.807) is 21.6 Å². The molecule has 0 fully saturated rings. The molecule has 0 saturated carbocycles. The zero-order chi connectivity index (χ0) is 13.4. The van der Waals surface area contributed by atoms with Crippen molar-refractivity contribution in [1.29, 1.82) is 0 Å². The van der Waals surface area contributed by atoms with Crippen LogP contribution in [0.2, 0.25) is 0 Å². The second kappa shape index (κ2) is 5.34. The van der Waals surface area contributed by atoms with E-state index in [2.05, 4.69) is 34.5 Å². The highest BCUT2D eigenvalue weighted by atomic mass is 32.1. The molecule has 1 nitrogen and oxygen atoms in total. The molecule has 104 valence electrons. The van der Waals surface area contributed by atoms with Gasteiger partial charge in [-0.1, -0.05) is 24.3 Å². The van der Waals surface area contributed by atoms with Gasteiger partial charge in [-0.05, 0) is 59.7 Å². The molecule has 1 aromatic carbocycles. The van der Waals surface area contributed by atoms with E-state index in [4.69, 9.17) is 0 Å². The van der Waals surface area contributed by atoms with Crippen LogP contribution in [0.5, 0.6) is 0 Å². The fraction of sp³-hybridized carbons (Fsp3) is 0.444.